The molecule has 0 aliphatic rings. The van der Waals surface area contributed by atoms with Crippen LogP contribution in [-0.2, 0) is 9.59 Å². The van der Waals surface area contributed by atoms with Gasteiger partial charge in [0.1, 0.15) is 12.2 Å². The molecule has 0 bridgehead atoms. The fourth-order valence-corrected chi connectivity index (χ4v) is 0.403. The number of carbonyl (C=O) groups is 2. The molecule has 13 heavy (non-hydrogen) atoms. The number of aliphatic carboxylic acids is 1. The summed E-state index contributed by atoms with van der Waals surface area (Å²) in [6.45, 7) is 5.12. The van der Waals surface area contributed by atoms with Gasteiger partial charge < -0.3 is 10.3 Å². The van der Waals surface area contributed by atoms with E-state index < -0.39 is 11.4 Å². The molecule has 0 fully saturated rings. The first-order chi connectivity index (χ1) is 5.75. The summed E-state index contributed by atoms with van der Waals surface area (Å²) in [7, 11) is 0. The number of nitrogens with zero attached hydrogens (tertiary/aromatic N) is 1. The van der Waals surface area contributed by atoms with Crippen LogP contribution in [0.3, 0.4) is 0 Å². The second-order valence-corrected chi connectivity index (χ2v) is 3.33. The third-order valence-electron chi connectivity index (χ3n) is 1.15. The van der Waals surface area contributed by atoms with E-state index in [0.717, 1.165) is 0 Å². The SMILES string of the molecule is CC(C)(C)C(=O)CC(=O)O.O=NO. The first kappa shape index (κ1) is 14.1. The minimum Gasteiger partial charge on any atom is -0.481 e. The number of Topliss-reactive ketones (excluding diaryl/α,β-unsaturated/α-hetero) is 1. The van der Waals surface area contributed by atoms with Crippen molar-refractivity contribution in [1.29, 1.82) is 0 Å². The molecule has 0 aromatic rings. The molecular weight excluding hydrogens is 178 g/mol. The molecule has 0 amide bonds. The van der Waals surface area contributed by atoms with Crippen molar-refractivity contribution < 1.29 is 19.9 Å². The Morgan fingerprint density at radius 2 is 1.62 bits per heavy atom. The highest BCUT2D eigenvalue weighted by Crippen LogP contribution is 2.16. The number of rotatable bonds is 2. The Morgan fingerprint density at radius 1 is 1.31 bits per heavy atom. The van der Waals surface area contributed by atoms with E-state index in [1.165, 1.54) is 5.34 Å². The van der Waals surface area contributed by atoms with Crippen LogP contribution >= 0.6 is 0 Å². The molecule has 0 radical (unpaired) electrons. The van der Waals surface area contributed by atoms with E-state index in [9.17, 15) is 9.59 Å². The molecular formula is C7H13NO5. The molecule has 0 aromatic heterocycles. The fourth-order valence-electron chi connectivity index (χ4n) is 0.403. The summed E-state index contributed by atoms with van der Waals surface area (Å²) < 4.78 is 0. The number of ketones is 1. The zero-order chi connectivity index (χ0) is 11.1. The topological polar surface area (TPSA) is 104 Å². The summed E-state index contributed by atoms with van der Waals surface area (Å²) in [5, 5.41) is 16.1. The molecule has 76 valence electrons. The first-order valence-corrected chi connectivity index (χ1v) is 3.47. The summed E-state index contributed by atoms with van der Waals surface area (Å²) in [6, 6.07) is 0. The number of carboxylic acids is 1. The van der Waals surface area contributed by atoms with Crippen molar-refractivity contribution in [2.45, 2.75) is 27.2 Å². The van der Waals surface area contributed by atoms with Crippen molar-refractivity contribution in [1.82, 2.24) is 0 Å². The highest BCUT2D eigenvalue weighted by atomic mass is 16.6. The lowest BCUT2D eigenvalue weighted by Gasteiger charge is -2.14. The van der Waals surface area contributed by atoms with Gasteiger partial charge in [0.2, 0.25) is 0 Å². The van der Waals surface area contributed by atoms with E-state index in [0.29, 0.717) is 0 Å². The van der Waals surface area contributed by atoms with E-state index in [-0.39, 0.29) is 12.2 Å². The highest BCUT2D eigenvalue weighted by Gasteiger charge is 2.22. The maximum Gasteiger partial charge on any atom is 0.310 e. The summed E-state index contributed by atoms with van der Waals surface area (Å²) in [6.07, 6.45) is -0.372. The maximum atomic E-state index is 10.9. The summed E-state index contributed by atoms with van der Waals surface area (Å²) in [5.74, 6) is -1.29. The molecule has 0 rings (SSSR count). The fraction of sp³-hybridized carbons (Fsp3) is 0.714. The molecule has 0 unspecified atom stereocenters. The minimum absolute atomic E-state index is 0.236. The Morgan fingerprint density at radius 3 is 1.69 bits per heavy atom. The lowest BCUT2D eigenvalue weighted by molar-refractivity contribution is -0.142. The Kier molecular flexibility index (Phi) is 6.61. The second-order valence-electron chi connectivity index (χ2n) is 3.33. The number of hydrogen-bond donors (Lipinski definition) is 2. The lowest BCUT2D eigenvalue weighted by Crippen LogP contribution is -2.22. The predicted octanol–water partition coefficient (Wildman–Crippen LogP) is 1.22. The van der Waals surface area contributed by atoms with E-state index >= 15 is 0 Å². The predicted molar refractivity (Wildman–Crippen MR) is 44.3 cm³/mol. The minimum atomic E-state index is -1.06. The molecule has 0 saturated carbocycles. The smallest absolute Gasteiger partial charge is 0.310 e. The molecule has 0 atom stereocenters. The zero-order valence-corrected chi connectivity index (χ0v) is 7.77. The molecule has 0 aliphatic heterocycles. The van der Waals surface area contributed by atoms with Gasteiger partial charge in [0, 0.05) is 5.41 Å². The summed E-state index contributed by atoms with van der Waals surface area (Å²) in [5.41, 5.74) is -0.529. The molecule has 0 aliphatic carbocycles. The van der Waals surface area contributed by atoms with Crippen molar-refractivity contribution >= 4 is 11.8 Å². The molecule has 0 aromatic carbocycles. The van der Waals surface area contributed by atoms with Gasteiger partial charge in [-0.05, 0) is 0 Å². The van der Waals surface area contributed by atoms with Crippen molar-refractivity contribution in [3.05, 3.63) is 4.91 Å². The Labute approximate surface area is 75.5 Å². The molecule has 6 heteroatoms. The van der Waals surface area contributed by atoms with Crippen LogP contribution in [0.5, 0.6) is 0 Å². The largest absolute Gasteiger partial charge is 0.481 e. The van der Waals surface area contributed by atoms with Crippen molar-refractivity contribution in [3.63, 3.8) is 0 Å². The van der Waals surface area contributed by atoms with Crippen LogP contribution in [0.2, 0.25) is 0 Å². The van der Waals surface area contributed by atoms with Gasteiger partial charge in [-0.25, -0.2) is 0 Å². The van der Waals surface area contributed by atoms with Crippen molar-refractivity contribution in [3.8, 4) is 0 Å². The Balaban J connectivity index is 0. The van der Waals surface area contributed by atoms with Gasteiger partial charge in [-0.15, -0.1) is 4.91 Å². The first-order valence-electron chi connectivity index (χ1n) is 3.47. The molecule has 6 nitrogen and oxygen atoms in total. The third kappa shape index (κ3) is 10.5. The van der Waals surface area contributed by atoms with Gasteiger partial charge in [0.25, 0.3) is 0 Å². The summed E-state index contributed by atoms with van der Waals surface area (Å²) in [4.78, 5) is 29.0. The van der Waals surface area contributed by atoms with Gasteiger partial charge in [-0.2, -0.15) is 0 Å². The van der Waals surface area contributed by atoms with Crippen LogP contribution in [-0.4, -0.2) is 22.1 Å². The maximum absolute atomic E-state index is 10.9. The molecule has 0 saturated heterocycles. The lowest BCUT2D eigenvalue weighted by atomic mass is 9.89. The molecule has 0 heterocycles. The van der Waals surface area contributed by atoms with Gasteiger partial charge >= 0.3 is 5.97 Å². The molecule has 2 N–H and O–H groups in total. The van der Waals surface area contributed by atoms with Crippen LogP contribution in [0.1, 0.15) is 27.2 Å². The van der Waals surface area contributed by atoms with E-state index in [1.807, 2.05) is 0 Å². The number of carboxylic acid groups (broad SMARTS) is 1. The Bertz CT molecular complexity index is 194. The highest BCUT2D eigenvalue weighted by molar-refractivity contribution is 5.97. The van der Waals surface area contributed by atoms with Gasteiger partial charge in [0.05, 0.1) is 0 Å². The van der Waals surface area contributed by atoms with E-state index in [4.69, 9.17) is 15.2 Å². The zero-order valence-electron chi connectivity index (χ0n) is 7.77. The van der Waals surface area contributed by atoms with Crippen LogP contribution in [0.25, 0.3) is 0 Å². The van der Waals surface area contributed by atoms with Gasteiger partial charge in [0.15, 0.2) is 5.34 Å². The van der Waals surface area contributed by atoms with Crippen LogP contribution < -0.4 is 0 Å². The average Bonchev–Trinajstić information content (AvgIpc) is 1.85. The van der Waals surface area contributed by atoms with Gasteiger partial charge in [-0.1, -0.05) is 20.8 Å². The van der Waals surface area contributed by atoms with E-state index in [1.54, 1.807) is 20.8 Å². The van der Waals surface area contributed by atoms with Crippen molar-refractivity contribution in [2.75, 3.05) is 0 Å². The molecule has 0 spiro atoms. The normalized spacial score (nSPS) is 9.46. The van der Waals surface area contributed by atoms with Crippen LogP contribution in [0.15, 0.2) is 5.34 Å². The average molecular weight is 191 g/mol. The quantitative estimate of drug-likeness (QED) is 0.388. The Hall–Kier alpha value is -1.46. The third-order valence-corrected chi connectivity index (χ3v) is 1.15. The number of carbonyl (C=O) groups excluding carboxylic acids is 1. The van der Waals surface area contributed by atoms with Crippen molar-refractivity contribution in [2.24, 2.45) is 10.8 Å². The van der Waals surface area contributed by atoms with E-state index in [2.05, 4.69) is 0 Å². The van der Waals surface area contributed by atoms with Crippen LogP contribution in [0, 0.1) is 10.3 Å². The standard InChI is InChI=1S/C7H12O3.HNO2/c1-7(2,3)5(8)4-6(9)10;2-1-3/h4H2,1-3H3,(H,9,10);(H,2,3). The van der Waals surface area contributed by atoms with Crippen LogP contribution in [0.4, 0.5) is 0 Å². The summed E-state index contributed by atoms with van der Waals surface area (Å²) >= 11 is 0. The monoisotopic (exact) mass is 191 g/mol. The van der Waals surface area contributed by atoms with Gasteiger partial charge in [-0.3, -0.25) is 9.59 Å². The number of hydrogen-bond acceptors (Lipinski definition) is 4. The second kappa shape index (κ2) is 6.10.